The van der Waals surface area contributed by atoms with Gasteiger partial charge in [0, 0.05) is 13.1 Å². The fourth-order valence-corrected chi connectivity index (χ4v) is 1.62. The van der Waals surface area contributed by atoms with Gasteiger partial charge in [-0.3, -0.25) is 4.79 Å². The van der Waals surface area contributed by atoms with Crippen molar-refractivity contribution in [3.05, 3.63) is 29.5 Å². The molecule has 102 valence electrons. The van der Waals surface area contributed by atoms with Gasteiger partial charge in [0.15, 0.2) is 6.39 Å². The number of rotatable bonds is 3. The number of aryl methyl sites for hydroxylation is 1. The number of nitrogens with zero attached hydrogens (tertiary/aromatic N) is 1. The molecule has 1 aromatic heterocycles. The van der Waals surface area contributed by atoms with Crippen LogP contribution < -0.4 is 10.6 Å². The van der Waals surface area contributed by atoms with Crippen molar-refractivity contribution in [1.29, 1.82) is 0 Å². The number of nitrogens with one attached hydrogen (secondary N) is 2. The molecule has 0 atom stereocenters. The predicted octanol–water partition coefficient (Wildman–Crippen LogP) is 1.48. The van der Waals surface area contributed by atoms with Crippen molar-refractivity contribution in [1.82, 2.24) is 15.6 Å². The molecule has 1 amide bonds. The topological polar surface area (TPSA) is 67.2 Å². The highest BCUT2D eigenvalue weighted by Gasteiger charge is 2.13. The number of aromatic nitrogens is 1. The summed E-state index contributed by atoms with van der Waals surface area (Å²) >= 11 is 0. The molecule has 1 aromatic rings. The Balaban J connectivity index is 0.00000144. The van der Waals surface area contributed by atoms with Gasteiger partial charge in [0.25, 0.3) is 5.91 Å². The third-order valence-electron chi connectivity index (χ3n) is 2.59. The number of amides is 1. The summed E-state index contributed by atoms with van der Waals surface area (Å²) < 4.78 is 5.01. The van der Waals surface area contributed by atoms with E-state index in [1.807, 2.05) is 0 Å². The Labute approximate surface area is 118 Å². The molecule has 2 rings (SSSR count). The largest absolute Gasteiger partial charge is 0.438 e. The lowest BCUT2D eigenvalue weighted by Gasteiger charge is -2.14. The minimum atomic E-state index is -0.200. The summed E-state index contributed by atoms with van der Waals surface area (Å²) in [5, 5.41) is 6.05. The molecule has 0 saturated heterocycles. The van der Waals surface area contributed by atoms with Crippen LogP contribution in [0.15, 0.2) is 22.5 Å². The number of hydrogen-bond donors (Lipinski definition) is 2. The average Bonchev–Trinajstić information content (AvgIpc) is 2.74. The van der Waals surface area contributed by atoms with Crippen molar-refractivity contribution in [2.24, 2.45) is 0 Å². The van der Waals surface area contributed by atoms with Gasteiger partial charge in [0.05, 0.1) is 5.69 Å². The van der Waals surface area contributed by atoms with Gasteiger partial charge in [-0.05, 0) is 19.9 Å². The van der Waals surface area contributed by atoms with Crippen molar-refractivity contribution < 1.29 is 9.21 Å². The Hall–Kier alpha value is -1.04. The standard InChI is InChI=1S/C11H15N3O2.2ClH/c1-8-10(16-7-14-8)11(15)13-6-9-2-4-12-5-3-9;;/h2,7,12H,3-6H2,1H3,(H,13,15);2*1H. The van der Waals surface area contributed by atoms with Crippen LogP contribution in [-0.4, -0.2) is 30.5 Å². The Morgan fingerprint density at radius 1 is 1.56 bits per heavy atom. The van der Waals surface area contributed by atoms with Crippen LogP contribution in [0.3, 0.4) is 0 Å². The van der Waals surface area contributed by atoms with Crippen LogP contribution in [0.2, 0.25) is 0 Å². The predicted molar refractivity (Wildman–Crippen MR) is 73.6 cm³/mol. The molecule has 0 spiro atoms. The maximum absolute atomic E-state index is 11.7. The van der Waals surface area contributed by atoms with Crippen molar-refractivity contribution in [3.63, 3.8) is 0 Å². The normalized spacial score (nSPS) is 13.9. The second-order valence-electron chi connectivity index (χ2n) is 3.77. The summed E-state index contributed by atoms with van der Waals surface area (Å²) in [7, 11) is 0. The minimum absolute atomic E-state index is 0. The molecule has 0 aliphatic carbocycles. The summed E-state index contributed by atoms with van der Waals surface area (Å²) in [4.78, 5) is 15.6. The van der Waals surface area contributed by atoms with Crippen LogP contribution in [0.25, 0.3) is 0 Å². The van der Waals surface area contributed by atoms with E-state index in [9.17, 15) is 4.79 Å². The molecule has 0 aromatic carbocycles. The fraction of sp³-hybridized carbons (Fsp3) is 0.455. The van der Waals surface area contributed by atoms with E-state index in [-0.39, 0.29) is 30.7 Å². The van der Waals surface area contributed by atoms with Gasteiger partial charge in [-0.2, -0.15) is 0 Å². The maximum Gasteiger partial charge on any atom is 0.289 e. The lowest BCUT2D eigenvalue weighted by Crippen LogP contribution is -2.29. The monoisotopic (exact) mass is 293 g/mol. The summed E-state index contributed by atoms with van der Waals surface area (Å²) in [5.74, 6) is 0.101. The van der Waals surface area contributed by atoms with Crippen LogP contribution in [0.1, 0.15) is 22.7 Å². The van der Waals surface area contributed by atoms with E-state index in [4.69, 9.17) is 4.42 Å². The first kappa shape index (κ1) is 17.0. The summed E-state index contributed by atoms with van der Waals surface area (Å²) in [6.45, 7) is 4.19. The maximum atomic E-state index is 11.7. The third kappa shape index (κ3) is 4.33. The highest BCUT2D eigenvalue weighted by atomic mass is 35.5. The summed E-state index contributed by atoms with van der Waals surface area (Å²) in [6.07, 6.45) is 4.38. The van der Waals surface area contributed by atoms with Crippen molar-refractivity contribution in [2.75, 3.05) is 19.6 Å². The van der Waals surface area contributed by atoms with Crippen LogP contribution >= 0.6 is 24.8 Å². The van der Waals surface area contributed by atoms with Gasteiger partial charge >= 0.3 is 0 Å². The van der Waals surface area contributed by atoms with Gasteiger partial charge in [-0.15, -0.1) is 24.8 Å². The van der Waals surface area contributed by atoms with E-state index in [2.05, 4.69) is 21.7 Å². The zero-order valence-electron chi connectivity index (χ0n) is 10.1. The van der Waals surface area contributed by atoms with E-state index in [1.54, 1.807) is 6.92 Å². The molecule has 0 radical (unpaired) electrons. The van der Waals surface area contributed by atoms with Crippen molar-refractivity contribution in [2.45, 2.75) is 13.3 Å². The molecule has 2 heterocycles. The molecule has 0 saturated carbocycles. The fourth-order valence-electron chi connectivity index (χ4n) is 1.62. The van der Waals surface area contributed by atoms with Gasteiger partial charge in [-0.1, -0.05) is 11.6 Å². The number of carbonyl (C=O) groups is 1. The number of hydrogen-bond acceptors (Lipinski definition) is 4. The second-order valence-corrected chi connectivity index (χ2v) is 3.77. The van der Waals surface area contributed by atoms with Crippen molar-refractivity contribution >= 4 is 30.7 Å². The SMILES string of the molecule is Cc1ncoc1C(=O)NCC1=CCNCC1.Cl.Cl. The van der Waals surface area contributed by atoms with Gasteiger partial charge in [0.2, 0.25) is 5.76 Å². The van der Waals surface area contributed by atoms with E-state index < -0.39 is 0 Å². The lowest BCUT2D eigenvalue weighted by atomic mass is 10.1. The Morgan fingerprint density at radius 2 is 2.33 bits per heavy atom. The molecule has 5 nitrogen and oxygen atoms in total. The van der Waals surface area contributed by atoms with Gasteiger partial charge in [-0.25, -0.2) is 4.98 Å². The Morgan fingerprint density at radius 3 is 2.89 bits per heavy atom. The van der Waals surface area contributed by atoms with Gasteiger partial charge in [0.1, 0.15) is 0 Å². The Bertz CT molecular complexity index is 418. The van der Waals surface area contributed by atoms with Crippen LogP contribution in [0.5, 0.6) is 0 Å². The molecule has 0 bridgehead atoms. The van der Waals surface area contributed by atoms with E-state index in [0.29, 0.717) is 18.0 Å². The first-order valence-electron chi connectivity index (χ1n) is 5.34. The van der Waals surface area contributed by atoms with E-state index in [0.717, 1.165) is 19.5 Å². The smallest absolute Gasteiger partial charge is 0.289 e. The van der Waals surface area contributed by atoms with Gasteiger partial charge < -0.3 is 15.1 Å². The highest BCUT2D eigenvalue weighted by molar-refractivity contribution is 5.92. The zero-order valence-corrected chi connectivity index (χ0v) is 11.7. The third-order valence-corrected chi connectivity index (χ3v) is 2.59. The number of oxazole rings is 1. The molecule has 7 heteroatoms. The molecule has 1 aliphatic rings. The molecule has 0 unspecified atom stereocenters. The first-order chi connectivity index (χ1) is 7.77. The molecule has 0 fully saturated rings. The quantitative estimate of drug-likeness (QED) is 0.829. The minimum Gasteiger partial charge on any atom is -0.438 e. The Kier molecular flexibility index (Phi) is 7.66. The number of halogens is 2. The molecule has 18 heavy (non-hydrogen) atoms. The average molecular weight is 294 g/mol. The van der Waals surface area contributed by atoms with E-state index in [1.165, 1.54) is 12.0 Å². The molecular weight excluding hydrogens is 277 g/mol. The molecule has 2 N–H and O–H groups in total. The van der Waals surface area contributed by atoms with Crippen LogP contribution in [0, 0.1) is 6.92 Å². The summed E-state index contributed by atoms with van der Waals surface area (Å²) in [5.41, 5.74) is 1.88. The summed E-state index contributed by atoms with van der Waals surface area (Å²) in [6, 6.07) is 0. The molecule has 1 aliphatic heterocycles. The number of carbonyl (C=O) groups excluding carboxylic acids is 1. The molecular formula is C11H17Cl2N3O2. The van der Waals surface area contributed by atoms with Crippen LogP contribution in [0.4, 0.5) is 0 Å². The zero-order chi connectivity index (χ0) is 11.4. The van der Waals surface area contributed by atoms with E-state index >= 15 is 0 Å². The van der Waals surface area contributed by atoms with Crippen molar-refractivity contribution in [3.8, 4) is 0 Å². The first-order valence-corrected chi connectivity index (χ1v) is 5.34. The highest BCUT2D eigenvalue weighted by Crippen LogP contribution is 2.06. The lowest BCUT2D eigenvalue weighted by molar-refractivity contribution is 0.0928. The second kappa shape index (κ2) is 8.13. The van der Waals surface area contributed by atoms with Crippen LogP contribution in [-0.2, 0) is 0 Å².